The number of rotatable bonds is 7. The lowest BCUT2D eigenvalue weighted by molar-refractivity contribution is -0.148. The van der Waals surface area contributed by atoms with E-state index in [-0.39, 0.29) is 29.4 Å². The maximum absolute atomic E-state index is 12.8. The third-order valence-corrected chi connectivity index (χ3v) is 6.40. The van der Waals surface area contributed by atoms with Gasteiger partial charge in [0.15, 0.2) is 0 Å². The smallest absolute Gasteiger partial charge is 0.326 e. The van der Waals surface area contributed by atoms with Gasteiger partial charge in [0.05, 0.1) is 11.6 Å². The molecule has 3 rings (SSSR count). The van der Waals surface area contributed by atoms with Gasteiger partial charge in [-0.2, -0.15) is 0 Å². The molecule has 0 aliphatic carbocycles. The Morgan fingerprint density at radius 1 is 1.45 bits per heavy atom. The van der Waals surface area contributed by atoms with Crippen molar-refractivity contribution in [3.8, 4) is 0 Å². The summed E-state index contributed by atoms with van der Waals surface area (Å²) >= 11 is 1.40. The van der Waals surface area contributed by atoms with E-state index < -0.39 is 24.1 Å². The summed E-state index contributed by atoms with van der Waals surface area (Å²) in [6.45, 7) is 2.18. The van der Waals surface area contributed by atoms with Crippen LogP contribution < -0.4 is 10.6 Å². The minimum absolute atomic E-state index is 0.0290. The maximum atomic E-state index is 12.8. The van der Waals surface area contributed by atoms with E-state index in [9.17, 15) is 24.3 Å². The number of aliphatic carboxylic acids is 1. The summed E-state index contributed by atoms with van der Waals surface area (Å²) in [4.78, 5) is 57.0. The van der Waals surface area contributed by atoms with E-state index in [1.54, 1.807) is 13.1 Å². The minimum atomic E-state index is -1.01. The van der Waals surface area contributed by atoms with E-state index in [1.165, 1.54) is 23.0 Å². The molecule has 11 heteroatoms. The number of nitrogens with one attached hydrogen (secondary N) is 3. The second-order valence-corrected chi connectivity index (χ2v) is 8.68. The Hall–Kier alpha value is -2.56. The topological polar surface area (TPSA) is 144 Å². The number of amides is 3. The van der Waals surface area contributed by atoms with Gasteiger partial charge in [-0.15, -0.1) is 11.8 Å². The van der Waals surface area contributed by atoms with E-state index >= 15 is 0 Å². The third kappa shape index (κ3) is 5.28. The molecule has 3 amide bonds. The molecular formula is C18H25N5O5S. The summed E-state index contributed by atoms with van der Waals surface area (Å²) in [5.41, 5.74) is 0.745. The standard InChI is InChI=1S/C18H25N5O5S/c1-10-16(25)22-13(8-29-10)17(26)21-11(5-12-7-19-9-20-12)6-15(24)23-4-2-3-14(23)18(27)28/h7,9-11,13-14H,2-6,8H2,1H3,(H,19,20)(H,21,26)(H,22,25)(H,27,28)/t10-,11+,13+,14+/m1/s1. The van der Waals surface area contributed by atoms with Gasteiger partial charge in [0.1, 0.15) is 12.1 Å². The highest BCUT2D eigenvalue weighted by molar-refractivity contribution is 8.00. The van der Waals surface area contributed by atoms with Crippen LogP contribution in [0.3, 0.4) is 0 Å². The molecule has 0 aromatic carbocycles. The van der Waals surface area contributed by atoms with Crippen LogP contribution in [0.2, 0.25) is 0 Å². The normalized spacial score (nSPS) is 25.3. The number of H-pyrrole nitrogens is 1. The largest absolute Gasteiger partial charge is 0.480 e. The molecule has 1 aromatic rings. The zero-order valence-electron chi connectivity index (χ0n) is 16.1. The van der Waals surface area contributed by atoms with Gasteiger partial charge in [-0.05, 0) is 19.8 Å². The van der Waals surface area contributed by atoms with E-state index in [1.807, 2.05) is 0 Å². The van der Waals surface area contributed by atoms with Crippen LogP contribution >= 0.6 is 11.8 Å². The average Bonchev–Trinajstić information content (AvgIpc) is 3.35. The first kappa shape index (κ1) is 21.2. The summed E-state index contributed by atoms with van der Waals surface area (Å²) in [5, 5.41) is 14.7. The number of likely N-dealkylation sites (tertiary alicyclic amines) is 1. The quantitative estimate of drug-likeness (QED) is 0.464. The van der Waals surface area contributed by atoms with Crippen LogP contribution in [-0.4, -0.2) is 79.3 Å². The second kappa shape index (κ2) is 9.29. The number of carboxylic acids is 1. The second-order valence-electron chi connectivity index (χ2n) is 7.31. The number of imidazole rings is 1. The zero-order valence-corrected chi connectivity index (χ0v) is 16.9. The Morgan fingerprint density at radius 3 is 2.90 bits per heavy atom. The number of thioether (sulfide) groups is 1. The van der Waals surface area contributed by atoms with Crippen LogP contribution in [-0.2, 0) is 25.6 Å². The fourth-order valence-electron chi connectivity index (χ4n) is 3.58. The summed E-state index contributed by atoms with van der Waals surface area (Å²) < 4.78 is 0. The summed E-state index contributed by atoms with van der Waals surface area (Å²) in [7, 11) is 0. The van der Waals surface area contributed by atoms with Crippen molar-refractivity contribution < 1.29 is 24.3 Å². The number of carbonyl (C=O) groups is 4. The predicted molar refractivity (Wildman–Crippen MR) is 105 cm³/mol. The summed E-state index contributed by atoms with van der Waals surface area (Å²) in [6, 6.07) is -2.03. The van der Waals surface area contributed by atoms with Crippen LogP contribution in [0.1, 0.15) is 31.9 Å². The van der Waals surface area contributed by atoms with Gasteiger partial charge in [-0.25, -0.2) is 9.78 Å². The number of aromatic amines is 1. The van der Waals surface area contributed by atoms with E-state index in [4.69, 9.17) is 0 Å². The van der Waals surface area contributed by atoms with Crippen molar-refractivity contribution in [2.45, 2.75) is 56.0 Å². The fourth-order valence-corrected chi connectivity index (χ4v) is 4.51. The van der Waals surface area contributed by atoms with Gasteiger partial charge in [-0.3, -0.25) is 14.4 Å². The molecule has 29 heavy (non-hydrogen) atoms. The third-order valence-electron chi connectivity index (χ3n) is 5.16. The number of carboxylic acid groups (broad SMARTS) is 1. The van der Waals surface area contributed by atoms with Crippen LogP contribution in [0, 0.1) is 0 Å². The van der Waals surface area contributed by atoms with Crippen LogP contribution in [0.4, 0.5) is 0 Å². The SMILES string of the molecule is C[C@H]1SC[C@@H](C(=O)N[C@H](CC(=O)N2CCC[C@H]2C(=O)O)Cc2cnc[nH]2)NC1=O. The van der Waals surface area contributed by atoms with Gasteiger partial charge < -0.3 is 25.6 Å². The van der Waals surface area contributed by atoms with Crippen LogP contribution in [0.5, 0.6) is 0 Å². The first-order valence-corrected chi connectivity index (χ1v) is 10.6. The number of hydrogen-bond donors (Lipinski definition) is 4. The fraction of sp³-hybridized carbons (Fsp3) is 0.611. The van der Waals surface area contributed by atoms with E-state index in [0.717, 1.165) is 5.69 Å². The molecule has 2 fully saturated rings. The Bertz CT molecular complexity index is 771. The Balaban J connectivity index is 1.66. The Morgan fingerprint density at radius 2 is 2.24 bits per heavy atom. The van der Waals surface area contributed by atoms with Gasteiger partial charge in [0.2, 0.25) is 17.7 Å². The molecule has 2 aliphatic heterocycles. The molecule has 4 N–H and O–H groups in total. The van der Waals surface area contributed by atoms with E-state index in [0.29, 0.717) is 31.6 Å². The highest BCUT2D eigenvalue weighted by Gasteiger charge is 2.36. The molecule has 1 aromatic heterocycles. The molecule has 0 bridgehead atoms. The van der Waals surface area contributed by atoms with Gasteiger partial charge in [0.25, 0.3) is 0 Å². The van der Waals surface area contributed by atoms with Crippen molar-refractivity contribution in [2.24, 2.45) is 0 Å². The lowest BCUT2D eigenvalue weighted by atomic mass is 10.1. The van der Waals surface area contributed by atoms with Crippen molar-refractivity contribution in [1.29, 1.82) is 0 Å². The molecule has 158 valence electrons. The van der Waals surface area contributed by atoms with Crippen molar-refractivity contribution in [1.82, 2.24) is 25.5 Å². The first-order chi connectivity index (χ1) is 13.8. The van der Waals surface area contributed by atoms with Crippen molar-refractivity contribution in [3.63, 3.8) is 0 Å². The van der Waals surface area contributed by atoms with Crippen molar-refractivity contribution >= 4 is 35.5 Å². The molecule has 0 saturated carbocycles. The van der Waals surface area contributed by atoms with Gasteiger partial charge >= 0.3 is 5.97 Å². The minimum Gasteiger partial charge on any atom is -0.480 e. The summed E-state index contributed by atoms with van der Waals surface area (Å²) in [6.07, 6.45) is 4.51. The molecule has 2 aliphatic rings. The molecule has 0 spiro atoms. The first-order valence-electron chi connectivity index (χ1n) is 9.57. The molecule has 3 heterocycles. The van der Waals surface area contributed by atoms with E-state index in [2.05, 4.69) is 20.6 Å². The number of nitrogens with zero attached hydrogens (tertiary/aromatic N) is 2. The molecular weight excluding hydrogens is 398 g/mol. The number of hydrogen-bond acceptors (Lipinski definition) is 6. The molecule has 0 radical (unpaired) electrons. The zero-order chi connectivity index (χ0) is 21.0. The highest BCUT2D eigenvalue weighted by Crippen LogP contribution is 2.20. The number of aromatic nitrogens is 2. The number of carbonyl (C=O) groups excluding carboxylic acids is 3. The average molecular weight is 423 g/mol. The maximum Gasteiger partial charge on any atom is 0.326 e. The molecule has 10 nitrogen and oxygen atoms in total. The Labute approximate surface area is 172 Å². The van der Waals surface area contributed by atoms with Gasteiger partial charge in [0, 0.05) is 43.1 Å². The predicted octanol–water partition coefficient (Wildman–Crippen LogP) is -0.477. The van der Waals surface area contributed by atoms with Crippen LogP contribution in [0.15, 0.2) is 12.5 Å². The molecule has 4 atom stereocenters. The lowest BCUT2D eigenvalue weighted by Crippen LogP contribution is -2.56. The van der Waals surface area contributed by atoms with Crippen molar-refractivity contribution in [3.05, 3.63) is 18.2 Å². The molecule has 0 unspecified atom stereocenters. The monoisotopic (exact) mass is 423 g/mol. The molecule has 2 saturated heterocycles. The van der Waals surface area contributed by atoms with Crippen LogP contribution in [0.25, 0.3) is 0 Å². The van der Waals surface area contributed by atoms with Crippen molar-refractivity contribution in [2.75, 3.05) is 12.3 Å². The lowest BCUT2D eigenvalue weighted by Gasteiger charge is -2.29. The Kier molecular flexibility index (Phi) is 6.78. The van der Waals surface area contributed by atoms with Gasteiger partial charge in [-0.1, -0.05) is 0 Å². The highest BCUT2D eigenvalue weighted by atomic mass is 32.2. The summed E-state index contributed by atoms with van der Waals surface area (Å²) in [5.74, 6) is -1.41.